The van der Waals surface area contributed by atoms with Gasteiger partial charge < -0.3 is 24.3 Å². The third-order valence-corrected chi connectivity index (χ3v) is 5.49. The average molecular weight is 471 g/mol. The van der Waals surface area contributed by atoms with Crippen molar-refractivity contribution in [1.29, 1.82) is 0 Å². The van der Waals surface area contributed by atoms with Gasteiger partial charge in [-0.25, -0.2) is 9.97 Å². The lowest BCUT2D eigenvalue weighted by molar-refractivity contribution is 0.0319. The number of anilines is 2. The van der Waals surface area contributed by atoms with E-state index in [-0.39, 0.29) is 0 Å². The van der Waals surface area contributed by atoms with Gasteiger partial charge in [0.15, 0.2) is 11.5 Å². The van der Waals surface area contributed by atoms with Gasteiger partial charge in [-0.2, -0.15) is 0 Å². The maximum Gasteiger partial charge on any atom is 0.227 e. The number of hydrogen-bond acceptors (Lipinski definition) is 8. The topological polar surface area (TPSA) is 78.0 Å². The summed E-state index contributed by atoms with van der Waals surface area (Å²) in [5, 5.41) is 3.81. The Morgan fingerprint density at radius 1 is 1.06 bits per heavy atom. The number of nitrogens with zero attached hydrogens (tertiary/aromatic N) is 3. The van der Waals surface area contributed by atoms with Gasteiger partial charge >= 0.3 is 0 Å². The maximum atomic E-state index is 6.07. The SMILES string of the molecule is COc1cc(-c2ccnc(Nc3cccc(Cl)c3)n2)cc(OC)c1OCCN1CCOCC1. The Morgan fingerprint density at radius 3 is 2.52 bits per heavy atom. The number of aromatic nitrogens is 2. The van der Waals surface area contributed by atoms with E-state index >= 15 is 0 Å². The molecule has 0 bridgehead atoms. The van der Waals surface area contributed by atoms with Crippen molar-refractivity contribution < 1.29 is 18.9 Å². The molecular formula is C24H27ClN4O4. The molecule has 1 fully saturated rings. The Morgan fingerprint density at radius 2 is 1.82 bits per heavy atom. The molecule has 8 nitrogen and oxygen atoms in total. The Bertz CT molecular complexity index is 1050. The van der Waals surface area contributed by atoms with Crippen molar-refractivity contribution in [2.45, 2.75) is 0 Å². The second kappa shape index (κ2) is 11.2. The van der Waals surface area contributed by atoms with E-state index in [4.69, 9.17) is 30.5 Å². The third kappa shape index (κ3) is 6.04. The maximum absolute atomic E-state index is 6.07. The van der Waals surface area contributed by atoms with Gasteiger partial charge in [-0.1, -0.05) is 17.7 Å². The molecule has 2 heterocycles. The quantitative estimate of drug-likeness (QED) is 0.497. The highest BCUT2D eigenvalue weighted by molar-refractivity contribution is 6.30. The molecule has 0 saturated carbocycles. The van der Waals surface area contributed by atoms with Crippen LogP contribution in [-0.2, 0) is 4.74 Å². The molecule has 33 heavy (non-hydrogen) atoms. The monoisotopic (exact) mass is 470 g/mol. The molecule has 0 amide bonds. The zero-order valence-electron chi connectivity index (χ0n) is 18.7. The molecule has 4 rings (SSSR count). The first kappa shape index (κ1) is 23.1. The van der Waals surface area contributed by atoms with Crippen molar-refractivity contribution in [3.05, 3.63) is 53.7 Å². The fourth-order valence-corrected chi connectivity index (χ4v) is 3.74. The van der Waals surface area contributed by atoms with Crippen LogP contribution in [0.15, 0.2) is 48.7 Å². The first-order valence-electron chi connectivity index (χ1n) is 10.7. The zero-order chi connectivity index (χ0) is 23.0. The van der Waals surface area contributed by atoms with Crippen LogP contribution in [0.2, 0.25) is 5.02 Å². The van der Waals surface area contributed by atoms with E-state index in [1.807, 2.05) is 42.5 Å². The minimum absolute atomic E-state index is 0.457. The lowest BCUT2D eigenvalue weighted by Crippen LogP contribution is -2.38. The third-order valence-electron chi connectivity index (χ3n) is 5.25. The molecule has 0 unspecified atom stereocenters. The van der Waals surface area contributed by atoms with Gasteiger partial charge in [0.2, 0.25) is 11.7 Å². The summed E-state index contributed by atoms with van der Waals surface area (Å²) in [5.41, 5.74) is 2.34. The van der Waals surface area contributed by atoms with E-state index in [0.717, 1.165) is 44.1 Å². The molecule has 0 atom stereocenters. The lowest BCUT2D eigenvalue weighted by atomic mass is 10.1. The van der Waals surface area contributed by atoms with E-state index in [0.29, 0.717) is 40.5 Å². The van der Waals surface area contributed by atoms with Crippen LogP contribution in [0.25, 0.3) is 11.3 Å². The summed E-state index contributed by atoms with van der Waals surface area (Å²) in [6.07, 6.45) is 1.70. The van der Waals surface area contributed by atoms with E-state index in [9.17, 15) is 0 Å². The number of morpholine rings is 1. The first-order chi connectivity index (χ1) is 16.2. The summed E-state index contributed by atoms with van der Waals surface area (Å²) in [6.45, 7) is 4.67. The highest BCUT2D eigenvalue weighted by Crippen LogP contribution is 2.41. The van der Waals surface area contributed by atoms with Crippen LogP contribution in [0.5, 0.6) is 17.2 Å². The predicted molar refractivity (Wildman–Crippen MR) is 128 cm³/mol. The van der Waals surface area contributed by atoms with Crippen LogP contribution < -0.4 is 19.5 Å². The normalized spacial score (nSPS) is 14.0. The van der Waals surface area contributed by atoms with Gasteiger partial charge in [-0.15, -0.1) is 0 Å². The minimum atomic E-state index is 0.457. The van der Waals surface area contributed by atoms with Crippen molar-refractivity contribution in [3.63, 3.8) is 0 Å². The smallest absolute Gasteiger partial charge is 0.227 e. The second-order valence-corrected chi connectivity index (χ2v) is 7.85. The highest BCUT2D eigenvalue weighted by atomic mass is 35.5. The Kier molecular flexibility index (Phi) is 7.83. The molecule has 1 aliphatic heterocycles. The van der Waals surface area contributed by atoms with Crippen LogP contribution in [-0.4, -0.2) is 68.5 Å². The molecular weight excluding hydrogens is 444 g/mol. The van der Waals surface area contributed by atoms with Crippen molar-refractivity contribution in [1.82, 2.24) is 14.9 Å². The van der Waals surface area contributed by atoms with Crippen molar-refractivity contribution in [2.24, 2.45) is 0 Å². The number of nitrogens with one attached hydrogen (secondary N) is 1. The molecule has 1 aliphatic rings. The number of hydrogen-bond donors (Lipinski definition) is 1. The van der Waals surface area contributed by atoms with Gasteiger partial charge in [0.05, 0.1) is 33.1 Å². The number of halogens is 1. The fourth-order valence-electron chi connectivity index (χ4n) is 3.55. The Hall–Kier alpha value is -3.07. The number of ether oxygens (including phenoxy) is 4. The van der Waals surface area contributed by atoms with E-state index in [2.05, 4.69) is 20.2 Å². The van der Waals surface area contributed by atoms with E-state index in [1.54, 1.807) is 20.4 Å². The zero-order valence-corrected chi connectivity index (χ0v) is 19.5. The van der Waals surface area contributed by atoms with Gasteiger partial charge in [0.1, 0.15) is 6.61 Å². The fraction of sp³-hybridized carbons (Fsp3) is 0.333. The molecule has 0 aliphatic carbocycles. The number of benzene rings is 2. The van der Waals surface area contributed by atoms with Crippen LogP contribution in [0.3, 0.4) is 0 Å². The standard InChI is InChI=1S/C24H27ClN4O4/c1-30-21-14-17(15-22(31-2)23(21)33-13-10-29-8-11-32-12-9-29)20-6-7-26-24(28-20)27-19-5-3-4-18(25)16-19/h3-7,14-16H,8-13H2,1-2H3,(H,26,27,28). The molecule has 0 spiro atoms. The highest BCUT2D eigenvalue weighted by Gasteiger charge is 2.17. The van der Waals surface area contributed by atoms with Crippen molar-refractivity contribution >= 4 is 23.2 Å². The van der Waals surface area contributed by atoms with E-state index in [1.165, 1.54) is 0 Å². The number of rotatable bonds is 9. The molecule has 1 aromatic heterocycles. The minimum Gasteiger partial charge on any atom is -0.493 e. The summed E-state index contributed by atoms with van der Waals surface area (Å²) in [4.78, 5) is 11.3. The lowest BCUT2D eigenvalue weighted by Gasteiger charge is -2.26. The van der Waals surface area contributed by atoms with Gasteiger partial charge in [-0.05, 0) is 36.4 Å². The van der Waals surface area contributed by atoms with Gasteiger partial charge in [0.25, 0.3) is 0 Å². The number of methoxy groups -OCH3 is 2. The van der Waals surface area contributed by atoms with Crippen LogP contribution in [0, 0.1) is 0 Å². The molecule has 174 valence electrons. The summed E-state index contributed by atoms with van der Waals surface area (Å²) >= 11 is 6.07. The van der Waals surface area contributed by atoms with Gasteiger partial charge in [0, 0.05) is 42.1 Å². The van der Waals surface area contributed by atoms with Crippen LogP contribution in [0.4, 0.5) is 11.6 Å². The van der Waals surface area contributed by atoms with Crippen molar-refractivity contribution in [2.75, 3.05) is 59.0 Å². The molecule has 0 radical (unpaired) electrons. The average Bonchev–Trinajstić information content (AvgIpc) is 2.84. The first-order valence-corrected chi connectivity index (χ1v) is 11.1. The summed E-state index contributed by atoms with van der Waals surface area (Å²) < 4.78 is 22.7. The Balaban J connectivity index is 1.53. The van der Waals surface area contributed by atoms with E-state index < -0.39 is 0 Å². The van der Waals surface area contributed by atoms with Gasteiger partial charge in [-0.3, -0.25) is 4.90 Å². The predicted octanol–water partition coefficient (Wildman–Crippen LogP) is 4.27. The summed E-state index contributed by atoms with van der Waals surface area (Å²) in [6, 6.07) is 13.0. The second-order valence-electron chi connectivity index (χ2n) is 7.41. The van der Waals surface area contributed by atoms with Crippen LogP contribution >= 0.6 is 11.6 Å². The molecule has 1 saturated heterocycles. The summed E-state index contributed by atoms with van der Waals surface area (Å²) in [7, 11) is 3.22. The molecule has 9 heteroatoms. The molecule has 3 aromatic rings. The molecule has 2 aromatic carbocycles. The van der Waals surface area contributed by atoms with Crippen LogP contribution in [0.1, 0.15) is 0 Å². The molecule has 1 N–H and O–H groups in total. The summed E-state index contributed by atoms with van der Waals surface area (Å²) in [5.74, 6) is 2.19. The Labute approximate surface area is 198 Å². The van der Waals surface area contributed by atoms with Crippen molar-refractivity contribution in [3.8, 4) is 28.5 Å². The largest absolute Gasteiger partial charge is 0.493 e.